The smallest absolute Gasteiger partial charge is 0.315 e. The highest BCUT2D eigenvalue weighted by Crippen LogP contribution is 2.21. The Morgan fingerprint density at radius 3 is 2.79 bits per heavy atom. The molecule has 0 radical (unpaired) electrons. The van der Waals surface area contributed by atoms with E-state index in [9.17, 15) is 9.90 Å². The number of hydrogen-bond acceptors (Lipinski definition) is 3. The van der Waals surface area contributed by atoms with E-state index in [0.29, 0.717) is 6.54 Å². The number of carbonyl (C=O) groups excluding carboxylic acids is 1. The molecule has 0 aliphatic heterocycles. The van der Waals surface area contributed by atoms with Crippen LogP contribution in [0.2, 0.25) is 0 Å². The van der Waals surface area contributed by atoms with Gasteiger partial charge in [0.05, 0.1) is 17.8 Å². The summed E-state index contributed by atoms with van der Waals surface area (Å²) in [7, 11) is 1.87. The summed E-state index contributed by atoms with van der Waals surface area (Å²) in [6.07, 6.45) is 5.13. The van der Waals surface area contributed by atoms with Crippen LogP contribution in [0, 0.1) is 0 Å². The van der Waals surface area contributed by atoms with Crippen LogP contribution in [-0.2, 0) is 13.6 Å². The number of urea groups is 1. The van der Waals surface area contributed by atoms with Gasteiger partial charge in [0.2, 0.25) is 0 Å². The van der Waals surface area contributed by atoms with Crippen LogP contribution in [0.3, 0.4) is 0 Å². The fraction of sp³-hybridized carbons (Fsp3) is 0.444. The van der Waals surface area contributed by atoms with Crippen molar-refractivity contribution in [1.29, 1.82) is 0 Å². The minimum atomic E-state index is -0.442. The minimum Gasteiger partial charge on any atom is -0.391 e. The summed E-state index contributed by atoms with van der Waals surface area (Å²) in [5.74, 6) is 0. The van der Waals surface area contributed by atoms with E-state index in [1.165, 1.54) is 0 Å². The molecule has 0 spiro atoms. The molecule has 6 nitrogen and oxygen atoms in total. The van der Waals surface area contributed by atoms with E-state index < -0.39 is 6.10 Å². The van der Waals surface area contributed by atoms with Crippen molar-refractivity contribution in [1.82, 2.24) is 20.4 Å². The zero-order valence-corrected chi connectivity index (χ0v) is 13.9. The first-order valence-corrected chi connectivity index (χ1v) is 8.44. The molecule has 2 atom stereocenters. The van der Waals surface area contributed by atoms with Gasteiger partial charge >= 0.3 is 6.03 Å². The number of aliphatic hydroxyl groups is 1. The molecule has 2 aromatic rings. The Hall–Kier alpha value is -2.34. The second kappa shape index (κ2) is 7.49. The van der Waals surface area contributed by atoms with Crippen LogP contribution in [0.25, 0.3) is 11.3 Å². The predicted octanol–water partition coefficient (Wildman–Crippen LogP) is 2.19. The van der Waals surface area contributed by atoms with Crippen LogP contribution >= 0.6 is 0 Å². The normalized spacial score (nSPS) is 20.6. The molecule has 2 amide bonds. The molecule has 6 heteroatoms. The average molecular weight is 328 g/mol. The zero-order chi connectivity index (χ0) is 16.9. The number of hydrogen-bond donors (Lipinski definition) is 3. The molecule has 1 aliphatic rings. The number of nitrogens with one attached hydrogen (secondary N) is 2. The van der Waals surface area contributed by atoms with Crippen molar-refractivity contribution >= 4 is 6.03 Å². The average Bonchev–Trinajstić information content (AvgIpc) is 2.97. The van der Waals surface area contributed by atoms with Gasteiger partial charge in [0.15, 0.2) is 0 Å². The number of benzene rings is 1. The van der Waals surface area contributed by atoms with Gasteiger partial charge in [-0.1, -0.05) is 43.2 Å². The lowest BCUT2D eigenvalue weighted by atomic mass is 9.93. The molecule has 2 unspecified atom stereocenters. The molecule has 1 aromatic carbocycles. The van der Waals surface area contributed by atoms with Gasteiger partial charge in [-0.05, 0) is 12.8 Å². The topological polar surface area (TPSA) is 79.2 Å². The van der Waals surface area contributed by atoms with E-state index in [-0.39, 0.29) is 12.1 Å². The number of amides is 2. The zero-order valence-electron chi connectivity index (χ0n) is 13.9. The van der Waals surface area contributed by atoms with Gasteiger partial charge in [-0.3, -0.25) is 4.68 Å². The third-order valence-electron chi connectivity index (χ3n) is 4.44. The molecule has 0 bridgehead atoms. The summed E-state index contributed by atoms with van der Waals surface area (Å²) in [5.41, 5.74) is 2.86. The first kappa shape index (κ1) is 16.5. The number of carbonyl (C=O) groups is 1. The van der Waals surface area contributed by atoms with Gasteiger partial charge in [-0.15, -0.1) is 0 Å². The maximum atomic E-state index is 12.1. The van der Waals surface area contributed by atoms with Crippen molar-refractivity contribution in [2.75, 3.05) is 0 Å². The molecule has 0 saturated heterocycles. The van der Waals surface area contributed by atoms with Crippen LogP contribution in [0.1, 0.15) is 31.2 Å². The molecule has 3 N–H and O–H groups in total. The first-order chi connectivity index (χ1) is 11.6. The third kappa shape index (κ3) is 3.94. The summed E-state index contributed by atoms with van der Waals surface area (Å²) >= 11 is 0. The maximum absolute atomic E-state index is 12.1. The van der Waals surface area contributed by atoms with Crippen molar-refractivity contribution in [2.24, 2.45) is 7.05 Å². The fourth-order valence-electron chi connectivity index (χ4n) is 3.18. The van der Waals surface area contributed by atoms with Crippen LogP contribution < -0.4 is 10.6 Å². The van der Waals surface area contributed by atoms with Gasteiger partial charge < -0.3 is 15.7 Å². The number of aliphatic hydroxyl groups excluding tert-OH is 1. The highest BCUT2D eigenvalue weighted by Gasteiger charge is 2.24. The van der Waals surface area contributed by atoms with E-state index in [1.807, 2.05) is 43.6 Å². The molecule has 1 fully saturated rings. The van der Waals surface area contributed by atoms with Crippen molar-refractivity contribution < 1.29 is 9.90 Å². The second-order valence-electron chi connectivity index (χ2n) is 6.33. The predicted molar refractivity (Wildman–Crippen MR) is 92.3 cm³/mol. The molecule has 1 aromatic heterocycles. The molecular weight excluding hydrogens is 304 g/mol. The molecule has 128 valence electrons. The quantitative estimate of drug-likeness (QED) is 0.805. The molecule has 24 heavy (non-hydrogen) atoms. The van der Waals surface area contributed by atoms with Crippen LogP contribution in [0.15, 0.2) is 36.5 Å². The van der Waals surface area contributed by atoms with E-state index >= 15 is 0 Å². The van der Waals surface area contributed by atoms with Crippen molar-refractivity contribution in [3.8, 4) is 11.3 Å². The number of aryl methyl sites for hydroxylation is 1. The van der Waals surface area contributed by atoms with Gasteiger partial charge in [0.25, 0.3) is 0 Å². The standard InChI is InChI=1S/C18H24N4O2/c1-22-12-14(17(21-22)13-7-3-2-4-8-13)11-19-18(24)20-15-9-5-6-10-16(15)23/h2-4,7-8,12,15-16,23H,5-6,9-11H2,1H3,(H2,19,20,24). The SMILES string of the molecule is Cn1cc(CNC(=O)NC2CCCCC2O)c(-c2ccccc2)n1. The van der Waals surface area contributed by atoms with Gasteiger partial charge in [0.1, 0.15) is 0 Å². The van der Waals surface area contributed by atoms with E-state index in [4.69, 9.17) is 0 Å². The minimum absolute atomic E-state index is 0.152. The van der Waals surface area contributed by atoms with Gasteiger partial charge in [0, 0.05) is 30.9 Å². The lowest BCUT2D eigenvalue weighted by Gasteiger charge is -2.28. The summed E-state index contributed by atoms with van der Waals surface area (Å²) in [6, 6.07) is 9.52. The van der Waals surface area contributed by atoms with Crippen molar-refractivity contribution in [3.63, 3.8) is 0 Å². The molecule has 1 aliphatic carbocycles. The number of aromatic nitrogens is 2. The van der Waals surface area contributed by atoms with E-state index in [1.54, 1.807) is 4.68 Å². The van der Waals surface area contributed by atoms with Crippen LogP contribution in [0.5, 0.6) is 0 Å². The molecular formula is C18H24N4O2. The first-order valence-electron chi connectivity index (χ1n) is 8.44. The third-order valence-corrected chi connectivity index (χ3v) is 4.44. The summed E-state index contributed by atoms with van der Waals surface area (Å²) < 4.78 is 1.75. The molecule has 1 heterocycles. The Balaban J connectivity index is 1.61. The highest BCUT2D eigenvalue weighted by molar-refractivity contribution is 5.74. The summed E-state index contributed by atoms with van der Waals surface area (Å²) in [4.78, 5) is 12.1. The lowest BCUT2D eigenvalue weighted by Crippen LogP contribution is -2.48. The lowest BCUT2D eigenvalue weighted by molar-refractivity contribution is 0.0943. The summed E-state index contributed by atoms with van der Waals surface area (Å²) in [6.45, 7) is 0.396. The Morgan fingerprint density at radius 1 is 1.29 bits per heavy atom. The molecule has 1 saturated carbocycles. The van der Waals surface area contributed by atoms with Gasteiger partial charge in [-0.25, -0.2) is 4.79 Å². The Kier molecular flexibility index (Phi) is 5.15. The van der Waals surface area contributed by atoms with Crippen molar-refractivity contribution in [3.05, 3.63) is 42.1 Å². The fourth-order valence-corrected chi connectivity index (χ4v) is 3.18. The second-order valence-corrected chi connectivity index (χ2v) is 6.33. The van der Waals surface area contributed by atoms with E-state index in [0.717, 1.165) is 42.5 Å². The monoisotopic (exact) mass is 328 g/mol. The Bertz CT molecular complexity index is 684. The highest BCUT2D eigenvalue weighted by atomic mass is 16.3. The van der Waals surface area contributed by atoms with Crippen LogP contribution in [0.4, 0.5) is 4.79 Å². The largest absolute Gasteiger partial charge is 0.391 e. The molecule has 3 rings (SSSR count). The number of rotatable bonds is 4. The van der Waals surface area contributed by atoms with Gasteiger partial charge in [-0.2, -0.15) is 5.10 Å². The summed E-state index contributed by atoms with van der Waals surface area (Å²) in [5, 5.41) is 20.2. The van der Waals surface area contributed by atoms with Crippen LogP contribution in [-0.4, -0.2) is 33.1 Å². The Labute approximate surface area is 141 Å². The maximum Gasteiger partial charge on any atom is 0.315 e. The van der Waals surface area contributed by atoms with Crippen molar-refractivity contribution in [2.45, 2.75) is 44.4 Å². The van der Waals surface area contributed by atoms with E-state index in [2.05, 4.69) is 15.7 Å². The Morgan fingerprint density at radius 2 is 2.04 bits per heavy atom. The number of nitrogens with zero attached hydrogens (tertiary/aromatic N) is 2.